The number of hydrogen-bond acceptors (Lipinski definition) is 4. The first kappa shape index (κ1) is 18.6. The molecule has 4 aliphatic rings. The number of hydrogen-bond donors (Lipinski definition) is 2. The largest absolute Gasteiger partial charge is 0.393 e. The molecule has 0 aliphatic heterocycles. The molecule has 4 nitrogen and oxygen atoms in total. The highest BCUT2D eigenvalue weighted by molar-refractivity contribution is 6.01. The van der Waals surface area contributed by atoms with E-state index in [4.69, 9.17) is 0 Å². The number of carbonyl (C=O) groups is 2. The fourth-order valence-electron chi connectivity index (χ4n) is 6.97. The van der Waals surface area contributed by atoms with E-state index in [-0.39, 0.29) is 29.3 Å². The van der Waals surface area contributed by atoms with Gasteiger partial charge in [0.1, 0.15) is 0 Å². The summed E-state index contributed by atoms with van der Waals surface area (Å²) in [5.74, 6) is -0.470. The van der Waals surface area contributed by atoms with Crippen molar-refractivity contribution >= 4 is 11.6 Å². The van der Waals surface area contributed by atoms with Gasteiger partial charge in [-0.15, -0.1) is 0 Å². The first-order valence-corrected chi connectivity index (χ1v) is 9.72. The molecular formula is C23H28O4. The van der Waals surface area contributed by atoms with Crippen molar-refractivity contribution in [3.63, 3.8) is 0 Å². The Labute approximate surface area is 160 Å². The predicted octanol–water partition coefficient (Wildman–Crippen LogP) is 2.92. The van der Waals surface area contributed by atoms with Crippen LogP contribution < -0.4 is 0 Å². The Kier molecular flexibility index (Phi) is 3.71. The number of fused-ring (bicyclic) bond motifs is 5. The number of carbonyl (C=O) groups excluding carboxylic acids is 2. The number of aliphatic hydroxyl groups is 2. The van der Waals surface area contributed by atoms with Gasteiger partial charge in [0.2, 0.25) is 0 Å². The minimum Gasteiger partial charge on any atom is -0.393 e. The maximum Gasteiger partial charge on any atom is 0.178 e. The number of allylic oxidation sites excluding steroid dienone is 4. The molecule has 0 spiro atoms. The Morgan fingerprint density at radius 2 is 1.96 bits per heavy atom. The van der Waals surface area contributed by atoms with Gasteiger partial charge < -0.3 is 10.2 Å². The third-order valence-corrected chi connectivity index (χ3v) is 8.20. The van der Waals surface area contributed by atoms with E-state index in [9.17, 15) is 19.8 Å². The van der Waals surface area contributed by atoms with Gasteiger partial charge in [-0.05, 0) is 61.3 Å². The summed E-state index contributed by atoms with van der Waals surface area (Å²) in [6.07, 6.45) is 6.43. The number of Topliss-reactive ketones (excluding diaryl/α,β-unsaturated/α-hetero) is 1. The number of aliphatic hydroxyl groups excluding tert-OH is 1. The summed E-state index contributed by atoms with van der Waals surface area (Å²) in [5.41, 5.74) is -0.686. The maximum atomic E-state index is 12.5. The van der Waals surface area contributed by atoms with E-state index in [1.807, 2.05) is 13.0 Å². The summed E-state index contributed by atoms with van der Waals surface area (Å²) in [6, 6.07) is 0. The van der Waals surface area contributed by atoms with Crippen molar-refractivity contribution < 1.29 is 19.8 Å². The molecule has 0 aromatic heterocycles. The van der Waals surface area contributed by atoms with Crippen LogP contribution in [0.1, 0.15) is 40.0 Å². The number of rotatable bonds is 1. The molecule has 4 heteroatoms. The van der Waals surface area contributed by atoms with Crippen LogP contribution >= 0.6 is 0 Å². The Balaban J connectivity index is 1.86. The average Bonchev–Trinajstić information content (AvgIpc) is 2.74. The molecule has 3 saturated carbocycles. The molecule has 0 saturated heterocycles. The molecule has 0 amide bonds. The van der Waals surface area contributed by atoms with Crippen LogP contribution in [-0.4, -0.2) is 33.5 Å². The molecule has 0 heterocycles. The number of ketones is 2. The third kappa shape index (κ3) is 2.01. The van der Waals surface area contributed by atoms with Crippen molar-refractivity contribution in [1.82, 2.24) is 0 Å². The molecule has 0 aromatic carbocycles. The highest BCUT2D eigenvalue weighted by Crippen LogP contribution is 2.69. The average molecular weight is 368 g/mol. The Bertz CT molecular complexity index is 848. The van der Waals surface area contributed by atoms with Crippen LogP contribution in [0, 0.1) is 28.6 Å². The van der Waals surface area contributed by atoms with Crippen LogP contribution in [0.25, 0.3) is 0 Å². The van der Waals surface area contributed by atoms with Crippen LogP contribution in [0.4, 0.5) is 0 Å². The molecular weight excluding hydrogens is 340 g/mol. The molecule has 27 heavy (non-hydrogen) atoms. The summed E-state index contributed by atoms with van der Waals surface area (Å²) in [7, 11) is 0. The predicted molar refractivity (Wildman–Crippen MR) is 103 cm³/mol. The zero-order valence-corrected chi connectivity index (χ0v) is 16.3. The van der Waals surface area contributed by atoms with Crippen LogP contribution in [0.3, 0.4) is 0 Å². The second-order valence-electron chi connectivity index (χ2n) is 9.35. The fraction of sp³-hybridized carbons (Fsp3) is 0.565. The summed E-state index contributed by atoms with van der Waals surface area (Å²) in [4.78, 5) is 24.4. The van der Waals surface area contributed by atoms with E-state index in [0.717, 1.165) is 24.0 Å². The topological polar surface area (TPSA) is 74.6 Å². The molecule has 0 radical (unpaired) electrons. The van der Waals surface area contributed by atoms with Crippen molar-refractivity contribution in [3.05, 3.63) is 48.1 Å². The lowest BCUT2D eigenvalue weighted by Crippen LogP contribution is -2.61. The molecule has 0 bridgehead atoms. The van der Waals surface area contributed by atoms with E-state index in [1.165, 1.54) is 6.92 Å². The van der Waals surface area contributed by atoms with E-state index in [0.29, 0.717) is 12.0 Å². The van der Waals surface area contributed by atoms with Crippen LogP contribution in [-0.2, 0) is 9.59 Å². The van der Waals surface area contributed by atoms with Gasteiger partial charge in [-0.2, -0.15) is 0 Å². The van der Waals surface area contributed by atoms with E-state index < -0.39 is 22.5 Å². The van der Waals surface area contributed by atoms with Gasteiger partial charge in [-0.3, -0.25) is 9.59 Å². The first-order chi connectivity index (χ1) is 12.5. The van der Waals surface area contributed by atoms with E-state index >= 15 is 0 Å². The zero-order chi connectivity index (χ0) is 19.9. The standard InChI is InChI=1S/C23H28O4/c1-12-13(2)23(27,14(3)24)22(5)11-18(26)20-17(19(12)22)7-6-15-10-16(25)8-9-21(15,20)4/h8-10,17-20,26-27H,1-2,6-7,11H2,3-5H3/t17-,18?,19-,20+,21-,22-,23-/m0/s1. The van der Waals surface area contributed by atoms with Gasteiger partial charge in [0, 0.05) is 16.7 Å². The van der Waals surface area contributed by atoms with Crippen molar-refractivity contribution in [3.8, 4) is 0 Å². The van der Waals surface area contributed by atoms with Gasteiger partial charge >= 0.3 is 0 Å². The van der Waals surface area contributed by atoms with Crippen molar-refractivity contribution in [2.75, 3.05) is 0 Å². The van der Waals surface area contributed by atoms with Gasteiger partial charge in [0.25, 0.3) is 0 Å². The fourth-order valence-corrected chi connectivity index (χ4v) is 6.97. The van der Waals surface area contributed by atoms with Crippen molar-refractivity contribution in [2.45, 2.75) is 51.7 Å². The maximum absolute atomic E-state index is 12.5. The van der Waals surface area contributed by atoms with Gasteiger partial charge in [-0.25, -0.2) is 0 Å². The third-order valence-electron chi connectivity index (χ3n) is 8.20. The SMILES string of the molecule is C=C1C(=C)[C@](O)(C(C)=O)[C@@]2(C)CC(O)[C@H]3[C@@H](CCC4=CC(=O)C=C[C@@]43C)[C@H]12. The molecule has 4 rings (SSSR count). The van der Waals surface area contributed by atoms with E-state index in [1.54, 1.807) is 12.2 Å². The molecule has 4 aliphatic carbocycles. The monoisotopic (exact) mass is 368 g/mol. The van der Waals surface area contributed by atoms with Crippen LogP contribution in [0.5, 0.6) is 0 Å². The smallest absolute Gasteiger partial charge is 0.178 e. The van der Waals surface area contributed by atoms with Gasteiger partial charge in [0.05, 0.1) is 6.10 Å². The summed E-state index contributed by atoms with van der Waals surface area (Å²) < 4.78 is 0. The minimum atomic E-state index is -1.68. The Morgan fingerprint density at radius 1 is 1.30 bits per heavy atom. The van der Waals surface area contributed by atoms with Crippen molar-refractivity contribution in [2.24, 2.45) is 28.6 Å². The molecule has 0 aromatic rings. The Hall–Kier alpha value is -1.78. The van der Waals surface area contributed by atoms with Gasteiger partial charge in [-0.1, -0.05) is 38.7 Å². The lowest BCUT2D eigenvalue weighted by Gasteiger charge is -2.59. The Morgan fingerprint density at radius 3 is 2.59 bits per heavy atom. The highest BCUT2D eigenvalue weighted by Gasteiger charge is 2.70. The lowest BCUT2D eigenvalue weighted by atomic mass is 9.46. The minimum absolute atomic E-state index is 0.000622. The lowest BCUT2D eigenvalue weighted by molar-refractivity contribution is -0.167. The van der Waals surface area contributed by atoms with Crippen LogP contribution in [0.15, 0.2) is 48.1 Å². The zero-order valence-electron chi connectivity index (χ0n) is 16.3. The normalized spacial score (nSPS) is 48.6. The molecule has 144 valence electrons. The van der Waals surface area contributed by atoms with E-state index in [2.05, 4.69) is 20.1 Å². The first-order valence-electron chi connectivity index (χ1n) is 9.72. The molecule has 7 atom stereocenters. The summed E-state index contributed by atoms with van der Waals surface area (Å²) in [6.45, 7) is 13.6. The second-order valence-corrected chi connectivity index (χ2v) is 9.35. The second kappa shape index (κ2) is 5.39. The van der Waals surface area contributed by atoms with Crippen molar-refractivity contribution in [1.29, 1.82) is 0 Å². The molecule has 1 unspecified atom stereocenters. The quantitative estimate of drug-likeness (QED) is 0.746. The van der Waals surface area contributed by atoms with Crippen LogP contribution in [0.2, 0.25) is 0 Å². The highest BCUT2D eigenvalue weighted by atomic mass is 16.3. The summed E-state index contributed by atoms with van der Waals surface area (Å²) >= 11 is 0. The molecule has 2 N–H and O–H groups in total. The molecule has 3 fully saturated rings. The summed E-state index contributed by atoms with van der Waals surface area (Å²) in [5, 5.41) is 22.7. The van der Waals surface area contributed by atoms with Gasteiger partial charge in [0.15, 0.2) is 17.2 Å².